The molecular formula is C26H26N4O4. The van der Waals surface area contributed by atoms with Gasteiger partial charge < -0.3 is 30.0 Å². The first-order valence-corrected chi connectivity index (χ1v) is 10.5. The van der Waals surface area contributed by atoms with Crippen molar-refractivity contribution >= 4 is 28.1 Å². The van der Waals surface area contributed by atoms with E-state index < -0.39 is 0 Å². The van der Waals surface area contributed by atoms with Gasteiger partial charge in [0.1, 0.15) is 23.1 Å². The summed E-state index contributed by atoms with van der Waals surface area (Å²) in [6.07, 6.45) is 1.69. The van der Waals surface area contributed by atoms with Crippen molar-refractivity contribution < 1.29 is 18.9 Å². The van der Waals surface area contributed by atoms with Gasteiger partial charge in [0.2, 0.25) is 0 Å². The van der Waals surface area contributed by atoms with Crippen molar-refractivity contribution in [3.05, 3.63) is 72.4 Å². The van der Waals surface area contributed by atoms with Crippen molar-refractivity contribution in [2.24, 2.45) is 10.7 Å². The zero-order valence-corrected chi connectivity index (χ0v) is 19.5. The topological polar surface area (TPSA) is 100 Å². The van der Waals surface area contributed by atoms with Crippen molar-refractivity contribution in [2.75, 3.05) is 33.7 Å². The largest absolute Gasteiger partial charge is 0.497 e. The number of rotatable bonds is 8. The number of amidine groups is 1. The molecule has 34 heavy (non-hydrogen) atoms. The monoisotopic (exact) mass is 458 g/mol. The first-order chi connectivity index (χ1) is 16.6. The number of hydrogen-bond acceptors (Lipinski definition) is 7. The van der Waals surface area contributed by atoms with Gasteiger partial charge in [-0.1, -0.05) is 6.07 Å². The Balaban J connectivity index is 1.67. The van der Waals surface area contributed by atoms with E-state index in [-0.39, 0.29) is 0 Å². The lowest BCUT2D eigenvalue weighted by molar-refractivity contribution is 0.355. The van der Waals surface area contributed by atoms with E-state index in [1.165, 1.54) is 0 Å². The zero-order chi connectivity index (χ0) is 24.1. The molecule has 0 amide bonds. The van der Waals surface area contributed by atoms with Crippen LogP contribution < -0.4 is 30.0 Å². The highest BCUT2D eigenvalue weighted by atomic mass is 16.5. The lowest BCUT2D eigenvalue weighted by Gasteiger charge is -2.14. The third-order valence-corrected chi connectivity index (χ3v) is 5.27. The van der Waals surface area contributed by atoms with Gasteiger partial charge in [0.25, 0.3) is 0 Å². The van der Waals surface area contributed by atoms with Crippen LogP contribution in [0.15, 0.2) is 71.9 Å². The van der Waals surface area contributed by atoms with E-state index >= 15 is 0 Å². The molecule has 4 aromatic rings. The summed E-state index contributed by atoms with van der Waals surface area (Å²) in [4.78, 5) is 8.96. The third-order valence-electron chi connectivity index (χ3n) is 5.27. The maximum Gasteiger partial charge on any atom is 0.162 e. The molecule has 0 radical (unpaired) electrons. The molecule has 0 aliphatic rings. The van der Waals surface area contributed by atoms with Gasteiger partial charge in [-0.3, -0.25) is 4.98 Å². The average molecular weight is 459 g/mol. The van der Waals surface area contributed by atoms with Crippen molar-refractivity contribution in [3.63, 3.8) is 0 Å². The normalized spacial score (nSPS) is 11.2. The molecule has 0 atom stereocenters. The Morgan fingerprint density at radius 1 is 0.853 bits per heavy atom. The van der Waals surface area contributed by atoms with Gasteiger partial charge in [-0.25, -0.2) is 4.99 Å². The molecule has 8 heteroatoms. The average Bonchev–Trinajstić information content (AvgIpc) is 2.87. The minimum atomic E-state index is 0.371. The smallest absolute Gasteiger partial charge is 0.162 e. The van der Waals surface area contributed by atoms with E-state index in [0.29, 0.717) is 40.3 Å². The number of nitrogens with zero attached hydrogens (tertiary/aromatic N) is 2. The molecule has 1 aromatic heterocycles. The Bertz CT molecular complexity index is 1350. The SMILES string of the molecule is CNc1cc(Oc2ccnc3cc(OC)c(OC)cc23)ccc1C(N)=Nc1cccc(OC)c1. The number of nitrogens with one attached hydrogen (secondary N) is 1. The fourth-order valence-electron chi connectivity index (χ4n) is 3.56. The molecule has 174 valence electrons. The Labute approximate surface area is 198 Å². The van der Waals surface area contributed by atoms with Crippen LogP contribution in [0, 0.1) is 0 Å². The Morgan fingerprint density at radius 2 is 1.65 bits per heavy atom. The van der Waals surface area contributed by atoms with Crippen LogP contribution in [0.3, 0.4) is 0 Å². The van der Waals surface area contributed by atoms with Crippen molar-refractivity contribution in [1.82, 2.24) is 4.98 Å². The van der Waals surface area contributed by atoms with E-state index in [1.807, 2.05) is 61.6 Å². The molecule has 4 rings (SSSR count). The summed E-state index contributed by atoms with van der Waals surface area (Å²) >= 11 is 0. The van der Waals surface area contributed by atoms with Gasteiger partial charge in [-0.2, -0.15) is 0 Å². The van der Waals surface area contributed by atoms with Crippen LogP contribution in [0.5, 0.6) is 28.7 Å². The second-order valence-electron chi connectivity index (χ2n) is 7.29. The van der Waals surface area contributed by atoms with Gasteiger partial charge in [-0.05, 0) is 36.4 Å². The van der Waals surface area contributed by atoms with Crippen LogP contribution in [0.25, 0.3) is 10.9 Å². The molecule has 0 bridgehead atoms. The first kappa shape index (κ1) is 22.7. The third kappa shape index (κ3) is 4.66. The van der Waals surface area contributed by atoms with Gasteiger partial charge in [0.05, 0.1) is 32.5 Å². The Morgan fingerprint density at radius 3 is 2.38 bits per heavy atom. The standard InChI is InChI=1S/C26H26N4O4/c1-28-21-13-18(8-9-19(21)26(27)30-16-6-5-7-17(12-16)31-2)34-23-10-11-29-22-15-25(33-4)24(32-3)14-20(22)23/h5-15,28H,1-4H3,(H2,27,30). The van der Waals surface area contributed by atoms with E-state index in [4.69, 9.17) is 24.7 Å². The van der Waals surface area contributed by atoms with Crippen LogP contribution in [0.2, 0.25) is 0 Å². The Kier molecular flexibility index (Phi) is 6.68. The van der Waals surface area contributed by atoms with Gasteiger partial charge >= 0.3 is 0 Å². The maximum absolute atomic E-state index is 6.33. The van der Waals surface area contributed by atoms with Crippen LogP contribution in [0.4, 0.5) is 11.4 Å². The lowest BCUT2D eigenvalue weighted by Crippen LogP contribution is -2.15. The molecule has 0 aliphatic carbocycles. The molecule has 0 fully saturated rings. The number of anilines is 1. The molecule has 3 aromatic carbocycles. The summed E-state index contributed by atoms with van der Waals surface area (Å²) < 4.78 is 22.3. The van der Waals surface area contributed by atoms with Crippen LogP contribution in [-0.2, 0) is 0 Å². The number of aromatic nitrogens is 1. The van der Waals surface area contributed by atoms with E-state index in [2.05, 4.69) is 15.3 Å². The summed E-state index contributed by atoms with van der Waals surface area (Å²) in [5.41, 5.74) is 9.29. The van der Waals surface area contributed by atoms with Crippen molar-refractivity contribution in [2.45, 2.75) is 0 Å². The van der Waals surface area contributed by atoms with E-state index in [9.17, 15) is 0 Å². The molecule has 0 unspecified atom stereocenters. The molecule has 3 N–H and O–H groups in total. The van der Waals surface area contributed by atoms with E-state index in [0.717, 1.165) is 22.2 Å². The number of ether oxygens (including phenoxy) is 4. The predicted octanol–water partition coefficient (Wildman–Crippen LogP) is 5.13. The first-order valence-electron chi connectivity index (χ1n) is 10.5. The fraction of sp³-hybridized carbons (Fsp3) is 0.154. The minimum absolute atomic E-state index is 0.371. The number of aliphatic imine (C=N–C) groups is 1. The Hall–Kier alpha value is -4.46. The van der Waals surface area contributed by atoms with Crippen molar-refractivity contribution in [3.8, 4) is 28.7 Å². The highest BCUT2D eigenvalue weighted by Gasteiger charge is 2.13. The number of methoxy groups -OCH3 is 3. The van der Waals surface area contributed by atoms with Gasteiger partial charge in [-0.15, -0.1) is 0 Å². The minimum Gasteiger partial charge on any atom is -0.497 e. The number of benzene rings is 3. The van der Waals surface area contributed by atoms with Gasteiger partial charge in [0, 0.05) is 48.1 Å². The molecule has 1 heterocycles. The number of pyridine rings is 1. The quantitative estimate of drug-likeness (QED) is 0.279. The second-order valence-corrected chi connectivity index (χ2v) is 7.29. The molecule has 0 saturated carbocycles. The highest BCUT2D eigenvalue weighted by molar-refractivity contribution is 6.04. The summed E-state index contributed by atoms with van der Waals surface area (Å²) in [7, 11) is 6.62. The predicted molar refractivity (Wildman–Crippen MR) is 134 cm³/mol. The highest BCUT2D eigenvalue weighted by Crippen LogP contribution is 2.37. The summed E-state index contributed by atoms with van der Waals surface area (Å²) in [6.45, 7) is 0. The summed E-state index contributed by atoms with van der Waals surface area (Å²) in [5.74, 6) is 3.55. The number of fused-ring (bicyclic) bond motifs is 1. The fourth-order valence-corrected chi connectivity index (χ4v) is 3.56. The van der Waals surface area contributed by atoms with Crippen molar-refractivity contribution in [1.29, 1.82) is 0 Å². The molecule has 8 nitrogen and oxygen atoms in total. The van der Waals surface area contributed by atoms with Crippen LogP contribution in [0.1, 0.15) is 5.56 Å². The maximum atomic E-state index is 6.33. The number of hydrogen-bond donors (Lipinski definition) is 2. The van der Waals surface area contributed by atoms with Gasteiger partial charge in [0.15, 0.2) is 11.5 Å². The second kappa shape index (κ2) is 9.99. The zero-order valence-electron chi connectivity index (χ0n) is 19.5. The molecular weight excluding hydrogens is 432 g/mol. The van der Waals surface area contributed by atoms with E-state index in [1.54, 1.807) is 33.6 Å². The molecule has 0 spiro atoms. The lowest BCUT2D eigenvalue weighted by atomic mass is 10.1. The molecule has 0 saturated heterocycles. The molecule has 0 aliphatic heterocycles. The summed E-state index contributed by atoms with van der Waals surface area (Å²) in [5, 5.41) is 3.97. The number of nitrogens with two attached hydrogens (primary N) is 1. The van der Waals surface area contributed by atoms with Crippen LogP contribution in [-0.4, -0.2) is 39.2 Å². The van der Waals surface area contributed by atoms with Crippen LogP contribution >= 0.6 is 0 Å². The summed E-state index contributed by atoms with van der Waals surface area (Å²) in [6, 6.07) is 18.5.